The number of nitrogens with zero attached hydrogens (tertiary/aromatic N) is 1. The van der Waals surface area contributed by atoms with Crippen molar-refractivity contribution in [2.45, 2.75) is 0 Å². The number of halogens is 2. The molecule has 0 amide bonds. The Morgan fingerprint density at radius 3 is 2.60 bits per heavy atom. The Kier molecular flexibility index (Phi) is 2.01. The van der Waals surface area contributed by atoms with Gasteiger partial charge in [-0.3, -0.25) is 0 Å². The molecule has 0 spiro atoms. The minimum Gasteiger partial charge on any atom is -0.395 e. The van der Waals surface area contributed by atoms with Crippen LogP contribution in [0.5, 0.6) is 0 Å². The van der Waals surface area contributed by atoms with E-state index in [1.165, 1.54) is 0 Å². The fraction of sp³-hybridized carbons (Fsp3) is 0. The van der Waals surface area contributed by atoms with Crippen molar-refractivity contribution in [3.63, 3.8) is 0 Å². The van der Waals surface area contributed by atoms with Crippen LogP contribution < -0.4 is 11.5 Å². The largest absolute Gasteiger partial charge is 0.395 e. The zero-order chi connectivity index (χ0) is 7.72. The number of nitrogen functional groups attached to an aromatic ring is 2. The van der Waals surface area contributed by atoms with Gasteiger partial charge in [-0.1, -0.05) is 11.6 Å². The molecule has 0 aliphatic rings. The maximum Gasteiger partial charge on any atom is 0.149 e. The van der Waals surface area contributed by atoms with E-state index in [4.69, 9.17) is 23.1 Å². The number of pyridine rings is 1. The highest BCUT2D eigenvalue weighted by Gasteiger charge is 2.02. The normalized spacial score (nSPS) is 9.80. The summed E-state index contributed by atoms with van der Waals surface area (Å²) in [7, 11) is 0. The lowest BCUT2D eigenvalue weighted by atomic mass is 10.4. The summed E-state index contributed by atoms with van der Waals surface area (Å²) in [4.78, 5) is 3.82. The number of aromatic nitrogens is 1. The Hall–Kier alpha value is -0.480. The standard InChI is InChI=1S/C5H5BrClN3/c6-3-1-2(7)4(8)5(9)10-3/h1H,8H2,(H2,9,10). The molecule has 3 nitrogen and oxygen atoms in total. The summed E-state index contributed by atoms with van der Waals surface area (Å²) in [5, 5.41) is 0.416. The zero-order valence-corrected chi connectivity index (χ0v) is 7.28. The molecule has 0 saturated heterocycles. The Bertz CT molecular complexity index is 240. The fourth-order valence-electron chi connectivity index (χ4n) is 0.512. The zero-order valence-electron chi connectivity index (χ0n) is 4.94. The summed E-state index contributed by atoms with van der Waals surface area (Å²) in [6.07, 6.45) is 0. The summed E-state index contributed by atoms with van der Waals surface area (Å²) in [5.74, 6) is 0.249. The van der Waals surface area contributed by atoms with E-state index in [-0.39, 0.29) is 5.82 Å². The van der Waals surface area contributed by atoms with E-state index in [1.807, 2.05) is 0 Å². The lowest BCUT2D eigenvalue weighted by molar-refractivity contribution is 1.29. The highest BCUT2D eigenvalue weighted by Crippen LogP contribution is 2.25. The second-order valence-electron chi connectivity index (χ2n) is 1.73. The molecule has 0 aliphatic carbocycles. The van der Waals surface area contributed by atoms with Gasteiger partial charge in [0.25, 0.3) is 0 Å². The number of anilines is 2. The number of nitrogens with two attached hydrogens (primary N) is 2. The van der Waals surface area contributed by atoms with Crippen molar-refractivity contribution in [1.29, 1.82) is 0 Å². The first-order valence-corrected chi connectivity index (χ1v) is 3.65. The third kappa shape index (κ3) is 1.33. The molecule has 54 valence electrons. The lowest BCUT2D eigenvalue weighted by Gasteiger charge is -2.00. The molecule has 1 heterocycles. The highest BCUT2D eigenvalue weighted by molar-refractivity contribution is 9.10. The van der Waals surface area contributed by atoms with Crippen LogP contribution >= 0.6 is 27.5 Å². The van der Waals surface area contributed by atoms with Gasteiger partial charge in [-0.25, -0.2) is 4.98 Å². The van der Waals surface area contributed by atoms with Gasteiger partial charge in [-0.2, -0.15) is 0 Å². The third-order valence-electron chi connectivity index (χ3n) is 1.01. The fourth-order valence-corrected chi connectivity index (χ4v) is 1.26. The molecule has 1 aromatic heterocycles. The first-order valence-electron chi connectivity index (χ1n) is 2.48. The minimum absolute atomic E-state index is 0.249. The van der Waals surface area contributed by atoms with Crippen LogP contribution in [0.4, 0.5) is 11.5 Å². The van der Waals surface area contributed by atoms with Crippen LogP contribution in [0, 0.1) is 0 Å². The van der Waals surface area contributed by atoms with Crippen LogP contribution in [0.1, 0.15) is 0 Å². The van der Waals surface area contributed by atoms with Crippen LogP contribution in [0.25, 0.3) is 0 Å². The van der Waals surface area contributed by atoms with Crippen molar-refractivity contribution < 1.29 is 0 Å². The van der Waals surface area contributed by atoms with E-state index in [2.05, 4.69) is 20.9 Å². The van der Waals surface area contributed by atoms with Crippen molar-refractivity contribution in [2.75, 3.05) is 11.5 Å². The molecule has 5 heteroatoms. The van der Waals surface area contributed by atoms with Gasteiger partial charge in [0.15, 0.2) is 0 Å². The molecule has 0 aromatic carbocycles. The van der Waals surface area contributed by atoms with Crippen LogP contribution in [0.2, 0.25) is 5.02 Å². The summed E-state index contributed by atoms with van der Waals surface area (Å²) in [6.45, 7) is 0. The van der Waals surface area contributed by atoms with E-state index in [1.54, 1.807) is 6.07 Å². The molecule has 1 aromatic rings. The molecule has 10 heavy (non-hydrogen) atoms. The molecular formula is C5H5BrClN3. The molecule has 0 aliphatic heterocycles. The number of hydrogen-bond donors (Lipinski definition) is 2. The van der Waals surface area contributed by atoms with Gasteiger partial charge in [0.1, 0.15) is 10.4 Å². The maximum atomic E-state index is 5.64. The van der Waals surface area contributed by atoms with Crippen LogP contribution in [0.15, 0.2) is 10.7 Å². The van der Waals surface area contributed by atoms with Crippen LogP contribution in [0.3, 0.4) is 0 Å². The quantitative estimate of drug-likeness (QED) is 0.656. The lowest BCUT2D eigenvalue weighted by Crippen LogP contribution is -1.98. The summed E-state index contributed by atoms with van der Waals surface area (Å²) in [6, 6.07) is 1.59. The van der Waals surface area contributed by atoms with Gasteiger partial charge in [-0.05, 0) is 22.0 Å². The molecular weight excluding hydrogens is 217 g/mol. The van der Waals surface area contributed by atoms with Crippen LogP contribution in [-0.2, 0) is 0 Å². The molecule has 0 bridgehead atoms. The molecule has 0 atom stereocenters. The smallest absolute Gasteiger partial charge is 0.149 e. The van der Waals surface area contributed by atoms with Gasteiger partial charge in [-0.15, -0.1) is 0 Å². The Labute approximate surface area is 71.5 Å². The molecule has 0 fully saturated rings. The van der Waals surface area contributed by atoms with Crippen molar-refractivity contribution >= 4 is 39.0 Å². The van der Waals surface area contributed by atoms with E-state index >= 15 is 0 Å². The second kappa shape index (κ2) is 2.64. The predicted octanol–water partition coefficient (Wildman–Crippen LogP) is 1.66. The molecule has 0 radical (unpaired) electrons. The van der Waals surface area contributed by atoms with Gasteiger partial charge >= 0.3 is 0 Å². The van der Waals surface area contributed by atoms with Gasteiger partial charge in [0, 0.05) is 0 Å². The van der Waals surface area contributed by atoms with Crippen molar-refractivity contribution in [1.82, 2.24) is 4.98 Å². The van der Waals surface area contributed by atoms with Crippen molar-refractivity contribution in [3.05, 3.63) is 15.7 Å². The topological polar surface area (TPSA) is 64.9 Å². The third-order valence-corrected chi connectivity index (χ3v) is 1.73. The maximum absolute atomic E-state index is 5.64. The molecule has 0 saturated carbocycles. The van der Waals surface area contributed by atoms with E-state index in [0.717, 1.165) is 0 Å². The average Bonchev–Trinajstić information content (AvgIpc) is 1.82. The summed E-state index contributed by atoms with van der Waals surface area (Å²) < 4.78 is 0.587. The first-order chi connectivity index (χ1) is 4.61. The minimum atomic E-state index is 0.249. The van der Waals surface area contributed by atoms with E-state index in [9.17, 15) is 0 Å². The molecule has 1 rings (SSSR count). The first kappa shape index (κ1) is 7.63. The van der Waals surface area contributed by atoms with E-state index < -0.39 is 0 Å². The monoisotopic (exact) mass is 221 g/mol. The van der Waals surface area contributed by atoms with Gasteiger partial charge in [0.05, 0.1) is 10.7 Å². The Balaban J connectivity index is 3.31. The average molecular weight is 222 g/mol. The van der Waals surface area contributed by atoms with E-state index in [0.29, 0.717) is 15.3 Å². The van der Waals surface area contributed by atoms with Crippen molar-refractivity contribution in [3.8, 4) is 0 Å². The summed E-state index contributed by atoms with van der Waals surface area (Å²) >= 11 is 8.76. The second-order valence-corrected chi connectivity index (χ2v) is 2.95. The summed E-state index contributed by atoms with van der Waals surface area (Å²) in [5.41, 5.74) is 11.1. The number of rotatable bonds is 0. The molecule has 4 N–H and O–H groups in total. The SMILES string of the molecule is Nc1nc(Br)cc(Cl)c1N. The Morgan fingerprint density at radius 1 is 1.50 bits per heavy atom. The highest BCUT2D eigenvalue weighted by atomic mass is 79.9. The van der Waals surface area contributed by atoms with Crippen molar-refractivity contribution in [2.24, 2.45) is 0 Å². The Morgan fingerprint density at radius 2 is 2.10 bits per heavy atom. The predicted molar refractivity (Wildman–Crippen MR) is 45.8 cm³/mol. The van der Waals surface area contributed by atoms with Gasteiger partial charge in [0.2, 0.25) is 0 Å². The molecule has 0 unspecified atom stereocenters. The van der Waals surface area contributed by atoms with Gasteiger partial charge < -0.3 is 11.5 Å². The van der Waals surface area contributed by atoms with Crippen LogP contribution in [-0.4, -0.2) is 4.98 Å². The number of hydrogen-bond acceptors (Lipinski definition) is 3.